The van der Waals surface area contributed by atoms with Gasteiger partial charge >= 0.3 is 23.9 Å². The molecule has 0 aromatic carbocycles. The number of esters is 2. The van der Waals surface area contributed by atoms with Crippen LogP contribution < -0.4 is 22.9 Å². The number of carboxylic acid groups (broad SMARTS) is 2. The van der Waals surface area contributed by atoms with Crippen molar-refractivity contribution in [2.24, 2.45) is 22.9 Å². The van der Waals surface area contributed by atoms with E-state index in [1.54, 1.807) is 12.5 Å². The molecule has 10 N–H and O–H groups in total. The maximum Gasteiger partial charge on any atom is 0.331 e. The summed E-state index contributed by atoms with van der Waals surface area (Å²) in [6.45, 7) is 3.32. The minimum Gasteiger partial charge on any atom is -0.480 e. The normalized spacial score (nSPS) is 19.9. The van der Waals surface area contributed by atoms with E-state index in [-0.39, 0.29) is 12.8 Å². The number of rotatable bonds is 14. The molecule has 0 heterocycles. The van der Waals surface area contributed by atoms with Crippen LogP contribution in [-0.4, -0.2) is 86.6 Å². The fourth-order valence-corrected chi connectivity index (χ4v) is 3.64. The Balaban J connectivity index is 5.75. The van der Waals surface area contributed by atoms with Gasteiger partial charge in [-0.25, -0.2) is 9.59 Å². The van der Waals surface area contributed by atoms with Crippen LogP contribution >= 0.6 is 23.5 Å². The fourth-order valence-electron chi connectivity index (χ4n) is 2.59. The molecule has 0 aliphatic heterocycles. The standard InChI is InChI=1S/C18H34N4O8S2/c1-10(29-13(27)17(21,6-8-31-4)15(2,19)11(23)24)30-14(28)18(22,7-9-32-5)16(3,20)12(25)26/h10H,6-9,19-22H2,1-5H3,(H,23,24)(H,25,26). The van der Waals surface area contributed by atoms with E-state index in [0.29, 0.717) is 11.5 Å². The number of carbonyl (C=O) groups excluding carboxylic acids is 2. The summed E-state index contributed by atoms with van der Waals surface area (Å²) in [4.78, 5) is 48.8. The van der Waals surface area contributed by atoms with E-state index in [9.17, 15) is 29.4 Å². The number of carboxylic acids is 2. The monoisotopic (exact) mass is 498 g/mol. The van der Waals surface area contributed by atoms with Crippen LogP contribution in [0.3, 0.4) is 0 Å². The lowest BCUT2D eigenvalue weighted by Gasteiger charge is -2.40. The van der Waals surface area contributed by atoms with Crippen LogP contribution in [0.5, 0.6) is 0 Å². The maximum absolute atomic E-state index is 12.8. The molecule has 0 amide bonds. The highest BCUT2D eigenvalue weighted by molar-refractivity contribution is 7.98. The van der Waals surface area contributed by atoms with Gasteiger partial charge in [0.2, 0.25) is 6.29 Å². The van der Waals surface area contributed by atoms with E-state index in [1.165, 1.54) is 30.4 Å². The summed E-state index contributed by atoms with van der Waals surface area (Å²) in [6, 6.07) is 0. The van der Waals surface area contributed by atoms with Gasteiger partial charge in [-0.2, -0.15) is 23.5 Å². The third kappa shape index (κ3) is 6.26. The summed E-state index contributed by atoms with van der Waals surface area (Å²) >= 11 is 2.62. The lowest BCUT2D eigenvalue weighted by Crippen LogP contribution is -2.73. The highest BCUT2D eigenvalue weighted by Crippen LogP contribution is 2.28. The third-order valence-corrected chi connectivity index (χ3v) is 6.64. The van der Waals surface area contributed by atoms with Gasteiger partial charge in [-0.1, -0.05) is 0 Å². The third-order valence-electron chi connectivity index (χ3n) is 5.42. The van der Waals surface area contributed by atoms with Crippen LogP contribution in [0.25, 0.3) is 0 Å². The molecular formula is C18H34N4O8S2. The zero-order valence-electron chi connectivity index (χ0n) is 18.9. The van der Waals surface area contributed by atoms with E-state index >= 15 is 0 Å². The predicted molar refractivity (Wildman–Crippen MR) is 122 cm³/mol. The van der Waals surface area contributed by atoms with Crippen molar-refractivity contribution < 1.29 is 38.9 Å². The molecule has 0 aliphatic carbocycles. The Bertz CT molecular complexity index is 663. The smallest absolute Gasteiger partial charge is 0.331 e. The summed E-state index contributed by atoms with van der Waals surface area (Å²) < 4.78 is 10.2. The summed E-state index contributed by atoms with van der Waals surface area (Å²) in [5.74, 6) is -4.88. The van der Waals surface area contributed by atoms with Crippen molar-refractivity contribution in [3.8, 4) is 0 Å². The van der Waals surface area contributed by atoms with Crippen LogP contribution in [0, 0.1) is 0 Å². The summed E-state index contributed by atoms with van der Waals surface area (Å²) in [5, 5.41) is 18.9. The molecule has 4 atom stereocenters. The van der Waals surface area contributed by atoms with Gasteiger partial charge in [-0.3, -0.25) is 9.59 Å². The van der Waals surface area contributed by atoms with Crippen LogP contribution in [-0.2, 0) is 28.7 Å². The zero-order valence-corrected chi connectivity index (χ0v) is 20.5. The minimum atomic E-state index is -2.20. The molecule has 14 heteroatoms. The number of ether oxygens (including phenoxy) is 2. The van der Waals surface area contributed by atoms with Crippen molar-refractivity contribution in [2.75, 3.05) is 24.0 Å². The van der Waals surface area contributed by atoms with E-state index in [1.807, 2.05) is 0 Å². The van der Waals surface area contributed by atoms with Crippen molar-refractivity contribution in [1.29, 1.82) is 0 Å². The fraction of sp³-hybridized carbons (Fsp3) is 0.778. The molecule has 0 radical (unpaired) electrons. The second-order valence-corrected chi connectivity index (χ2v) is 9.79. The Morgan fingerprint density at radius 2 is 1.06 bits per heavy atom. The topological polar surface area (TPSA) is 231 Å². The maximum atomic E-state index is 12.8. The first-order chi connectivity index (χ1) is 14.5. The number of hydrogen-bond donors (Lipinski definition) is 6. The molecular weight excluding hydrogens is 464 g/mol. The Morgan fingerprint density at radius 1 is 0.781 bits per heavy atom. The van der Waals surface area contributed by atoms with E-state index < -0.39 is 52.3 Å². The van der Waals surface area contributed by atoms with E-state index in [4.69, 9.17) is 32.4 Å². The van der Waals surface area contributed by atoms with E-state index in [0.717, 1.165) is 13.8 Å². The average Bonchev–Trinajstić information content (AvgIpc) is 2.68. The van der Waals surface area contributed by atoms with Crippen LogP contribution in [0.4, 0.5) is 0 Å². The van der Waals surface area contributed by atoms with Gasteiger partial charge in [0.25, 0.3) is 0 Å². The minimum absolute atomic E-state index is 0.137. The van der Waals surface area contributed by atoms with Crippen LogP contribution in [0.15, 0.2) is 0 Å². The van der Waals surface area contributed by atoms with Gasteiger partial charge < -0.3 is 42.6 Å². The molecule has 0 rings (SSSR count). The molecule has 0 saturated carbocycles. The molecule has 32 heavy (non-hydrogen) atoms. The molecule has 0 saturated heterocycles. The molecule has 0 fully saturated rings. The van der Waals surface area contributed by atoms with Crippen molar-refractivity contribution in [3.63, 3.8) is 0 Å². The highest BCUT2D eigenvalue weighted by Gasteiger charge is 2.57. The predicted octanol–water partition coefficient (Wildman–Crippen LogP) is -1.08. The number of nitrogens with two attached hydrogens (primary N) is 4. The molecule has 186 valence electrons. The van der Waals surface area contributed by atoms with Crippen molar-refractivity contribution in [3.05, 3.63) is 0 Å². The van der Waals surface area contributed by atoms with Gasteiger partial charge in [-0.05, 0) is 50.7 Å². The Labute approximate surface area is 195 Å². The van der Waals surface area contributed by atoms with Crippen LogP contribution in [0.1, 0.15) is 33.6 Å². The molecule has 0 aromatic rings. The largest absolute Gasteiger partial charge is 0.480 e. The lowest BCUT2D eigenvalue weighted by atomic mass is 9.77. The molecule has 0 aromatic heterocycles. The Morgan fingerprint density at radius 3 is 1.28 bits per heavy atom. The summed E-state index contributed by atoms with van der Waals surface area (Å²) in [5.41, 5.74) is 15.1. The molecule has 0 aliphatic rings. The van der Waals surface area contributed by atoms with Crippen molar-refractivity contribution in [1.82, 2.24) is 0 Å². The summed E-state index contributed by atoms with van der Waals surface area (Å²) in [7, 11) is 0. The van der Waals surface area contributed by atoms with Crippen molar-refractivity contribution >= 4 is 47.4 Å². The van der Waals surface area contributed by atoms with Gasteiger partial charge in [0.05, 0.1) is 0 Å². The van der Waals surface area contributed by atoms with Crippen LogP contribution in [0.2, 0.25) is 0 Å². The van der Waals surface area contributed by atoms with Gasteiger partial charge in [0.1, 0.15) is 22.2 Å². The zero-order chi connectivity index (χ0) is 25.5. The first-order valence-electron chi connectivity index (χ1n) is 9.48. The SMILES string of the molecule is CSCCC(N)(C(=O)OC(C)OC(=O)C(N)(CCSC)C(C)(N)C(=O)O)C(C)(N)C(=O)O. The Hall–Kier alpha value is -1.58. The second-order valence-electron chi connectivity index (χ2n) is 7.82. The lowest BCUT2D eigenvalue weighted by molar-refractivity contribution is -0.197. The van der Waals surface area contributed by atoms with E-state index in [2.05, 4.69) is 0 Å². The van der Waals surface area contributed by atoms with Gasteiger partial charge in [-0.15, -0.1) is 0 Å². The van der Waals surface area contributed by atoms with Gasteiger partial charge in [0, 0.05) is 6.92 Å². The number of thioether (sulfide) groups is 2. The highest BCUT2D eigenvalue weighted by atomic mass is 32.2. The average molecular weight is 499 g/mol. The molecule has 0 spiro atoms. The Kier molecular flexibility index (Phi) is 10.9. The first kappa shape index (κ1) is 30.4. The number of hydrogen-bond acceptors (Lipinski definition) is 12. The number of carbonyl (C=O) groups is 4. The quantitative estimate of drug-likeness (QED) is 0.124. The summed E-state index contributed by atoms with van der Waals surface area (Å²) in [6.07, 6.45) is 1.60. The molecule has 0 bridgehead atoms. The molecule has 12 nitrogen and oxygen atoms in total. The van der Waals surface area contributed by atoms with Gasteiger partial charge in [0.15, 0.2) is 0 Å². The molecule has 4 unspecified atom stereocenters. The van der Waals surface area contributed by atoms with Crippen molar-refractivity contribution in [2.45, 2.75) is 62.1 Å². The first-order valence-corrected chi connectivity index (χ1v) is 12.3. The second kappa shape index (κ2) is 11.5. The number of aliphatic carboxylic acids is 2.